The van der Waals surface area contributed by atoms with E-state index in [1.54, 1.807) is 0 Å². The maximum Gasteiger partial charge on any atom is 0.276 e. The molecule has 132 valence electrons. The summed E-state index contributed by atoms with van der Waals surface area (Å²) in [6.45, 7) is 4.70. The van der Waals surface area contributed by atoms with Crippen LogP contribution in [0, 0.1) is 5.41 Å². The first-order chi connectivity index (χ1) is 11.5. The molecule has 3 aliphatic carbocycles. The largest absolute Gasteiger partial charge is 0.360 e. The molecule has 1 amide bonds. The molecule has 0 radical (unpaired) electrons. The monoisotopic (exact) mass is 330 g/mol. The highest BCUT2D eigenvalue weighted by atomic mass is 16.5. The minimum atomic E-state index is 0.113. The molecule has 3 aliphatic rings. The van der Waals surface area contributed by atoms with E-state index in [-0.39, 0.29) is 5.91 Å². The van der Waals surface area contributed by atoms with Crippen LogP contribution in [0.2, 0.25) is 0 Å². The molecular formula is C20H30N2O2. The van der Waals surface area contributed by atoms with E-state index in [9.17, 15) is 4.79 Å². The van der Waals surface area contributed by atoms with Crippen molar-refractivity contribution in [2.75, 3.05) is 0 Å². The minimum absolute atomic E-state index is 0.113. The van der Waals surface area contributed by atoms with Crippen LogP contribution in [0.1, 0.15) is 100 Å². The van der Waals surface area contributed by atoms with E-state index in [1.807, 2.05) is 6.07 Å². The number of carbonyl (C=O) groups is 1. The second-order valence-electron chi connectivity index (χ2n) is 8.93. The summed E-state index contributed by atoms with van der Waals surface area (Å²) in [5, 5.41) is 4.13. The second kappa shape index (κ2) is 6.20. The van der Waals surface area contributed by atoms with E-state index in [1.165, 1.54) is 38.5 Å². The number of nitrogens with zero attached hydrogens (tertiary/aromatic N) is 2. The van der Waals surface area contributed by atoms with Crippen LogP contribution >= 0.6 is 0 Å². The standard InChI is InChI=1S/C20H30N2O2/c1-20(2)11-9-16(10-12-20)22(15-5-3-4-6-15)19(23)17-13-18(24-21-17)14-7-8-14/h13-16H,3-12H2,1-2H3. The van der Waals surface area contributed by atoms with Gasteiger partial charge in [-0.1, -0.05) is 31.8 Å². The van der Waals surface area contributed by atoms with Crippen molar-refractivity contribution in [2.45, 2.75) is 96.1 Å². The van der Waals surface area contributed by atoms with Crippen molar-refractivity contribution < 1.29 is 9.32 Å². The van der Waals surface area contributed by atoms with Crippen molar-refractivity contribution >= 4 is 5.91 Å². The first-order valence-electron chi connectivity index (χ1n) is 9.83. The Balaban J connectivity index is 1.53. The van der Waals surface area contributed by atoms with E-state index in [2.05, 4.69) is 23.9 Å². The van der Waals surface area contributed by atoms with E-state index in [0.717, 1.165) is 31.4 Å². The van der Waals surface area contributed by atoms with Gasteiger partial charge in [-0.2, -0.15) is 0 Å². The summed E-state index contributed by atoms with van der Waals surface area (Å²) in [4.78, 5) is 15.5. The molecule has 24 heavy (non-hydrogen) atoms. The smallest absolute Gasteiger partial charge is 0.276 e. The molecule has 0 saturated heterocycles. The maximum atomic E-state index is 13.3. The Hall–Kier alpha value is -1.32. The Kier molecular flexibility index (Phi) is 4.17. The van der Waals surface area contributed by atoms with Crippen LogP contribution in [-0.4, -0.2) is 28.0 Å². The van der Waals surface area contributed by atoms with Crippen LogP contribution < -0.4 is 0 Å². The van der Waals surface area contributed by atoms with Crippen LogP contribution in [0.4, 0.5) is 0 Å². The molecule has 0 unspecified atom stereocenters. The van der Waals surface area contributed by atoms with Crippen molar-refractivity contribution in [3.63, 3.8) is 0 Å². The van der Waals surface area contributed by atoms with Crippen molar-refractivity contribution in [1.29, 1.82) is 0 Å². The van der Waals surface area contributed by atoms with Gasteiger partial charge in [0.2, 0.25) is 0 Å². The minimum Gasteiger partial charge on any atom is -0.360 e. The highest BCUT2D eigenvalue weighted by Crippen LogP contribution is 2.41. The summed E-state index contributed by atoms with van der Waals surface area (Å²) < 4.78 is 5.45. The normalized spacial score (nSPS) is 25.1. The van der Waals surface area contributed by atoms with E-state index >= 15 is 0 Å². The fourth-order valence-corrected chi connectivity index (χ4v) is 4.56. The third-order valence-electron chi connectivity index (χ3n) is 6.38. The predicted octanol–water partition coefficient (Wildman–Crippen LogP) is 4.91. The molecule has 1 heterocycles. The van der Waals surface area contributed by atoms with Crippen molar-refractivity contribution in [3.05, 3.63) is 17.5 Å². The highest BCUT2D eigenvalue weighted by Gasteiger charge is 2.38. The molecule has 3 fully saturated rings. The Bertz CT molecular complexity index is 587. The Morgan fingerprint density at radius 1 is 1.08 bits per heavy atom. The van der Waals surface area contributed by atoms with Crippen molar-refractivity contribution in [2.24, 2.45) is 5.41 Å². The third-order valence-corrected chi connectivity index (χ3v) is 6.38. The average molecular weight is 330 g/mol. The number of hydrogen-bond donors (Lipinski definition) is 0. The van der Waals surface area contributed by atoms with Gasteiger partial charge in [-0.05, 0) is 56.8 Å². The summed E-state index contributed by atoms with van der Waals surface area (Å²) in [5.41, 5.74) is 0.960. The van der Waals surface area contributed by atoms with Gasteiger partial charge < -0.3 is 9.42 Å². The van der Waals surface area contributed by atoms with E-state index in [4.69, 9.17) is 4.52 Å². The molecule has 0 aliphatic heterocycles. The molecule has 4 heteroatoms. The molecule has 0 N–H and O–H groups in total. The second-order valence-corrected chi connectivity index (χ2v) is 8.93. The van der Waals surface area contributed by atoms with Gasteiger partial charge in [-0.3, -0.25) is 4.79 Å². The quantitative estimate of drug-likeness (QED) is 0.788. The molecule has 4 nitrogen and oxygen atoms in total. The first-order valence-corrected chi connectivity index (χ1v) is 9.83. The highest BCUT2D eigenvalue weighted by molar-refractivity contribution is 5.92. The van der Waals surface area contributed by atoms with Crippen molar-refractivity contribution in [3.8, 4) is 0 Å². The van der Waals surface area contributed by atoms with Crippen LogP contribution in [0.3, 0.4) is 0 Å². The van der Waals surface area contributed by atoms with Crippen LogP contribution in [0.5, 0.6) is 0 Å². The molecule has 0 atom stereocenters. The van der Waals surface area contributed by atoms with Gasteiger partial charge in [0.1, 0.15) is 5.76 Å². The summed E-state index contributed by atoms with van der Waals surface area (Å²) in [5.74, 6) is 1.53. The number of rotatable bonds is 4. The zero-order chi connectivity index (χ0) is 16.7. The first kappa shape index (κ1) is 16.2. The Labute approximate surface area is 145 Å². The lowest BCUT2D eigenvalue weighted by molar-refractivity contribution is 0.0424. The van der Waals surface area contributed by atoms with E-state index < -0.39 is 0 Å². The third kappa shape index (κ3) is 3.25. The molecule has 0 aromatic carbocycles. The molecular weight excluding hydrogens is 300 g/mol. The van der Waals surface area contributed by atoms with Crippen LogP contribution in [0.25, 0.3) is 0 Å². The van der Waals surface area contributed by atoms with Gasteiger partial charge in [0, 0.05) is 24.1 Å². The fraction of sp³-hybridized carbons (Fsp3) is 0.800. The fourth-order valence-electron chi connectivity index (χ4n) is 4.56. The summed E-state index contributed by atoms with van der Waals surface area (Å²) in [6.07, 6.45) is 11.8. The lowest BCUT2D eigenvalue weighted by atomic mass is 9.75. The molecule has 1 aromatic rings. The topological polar surface area (TPSA) is 46.3 Å². The predicted molar refractivity (Wildman–Crippen MR) is 92.9 cm³/mol. The van der Waals surface area contributed by atoms with Gasteiger partial charge >= 0.3 is 0 Å². The summed E-state index contributed by atoms with van der Waals surface area (Å²) in [7, 11) is 0. The van der Waals surface area contributed by atoms with Gasteiger partial charge in [0.25, 0.3) is 5.91 Å². The van der Waals surface area contributed by atoms with E-state index in [0.29, 0.717) is 29.1 Å². The lowest BCUT2D eigenvalue weighted by Gasteiger charge is -2.42. The number of carbonyl (C=O) groups excluding carboxylic acids is 1. The zero-order valence-electron chi connectivity index (χ0n) is 15.1. The molecule has 1 aromatic heterocycles. The molecule has 0 spiro atoms. The summed E-state index contributed by atoms with van der Waals surface area (Å²) in [6, 6.07) is 2.70. The molecule has 3 saturated carbocycles. The van der Waals surface area contributed by atoms with Gasteiger partial charge in [-0.15, -0.1) is 0 Å². The Morgan fingerprint density at radius 3 is 2.33 bits per heavy atom. The number of aromatic nitrogens is 1. The van der Waals surface area contributed by atoms with Crippen molar-refractivity contribution in [1.82, 2.24) is 10.1 Å². The maximum absolute atomic E-state index is 13.3. The van der Waals surface area contributed by atoms with Gasteiger partial charge in [-0.25, -0.2) is 0 Å². The molecule has 0 bridgehead atoms. The summed E-state index contributed by atoms with van der Waals surface area (Å²) >= 11 is 0. The zero-order valence-corrected chi connectivity index (χ0v) is 15.1. The number of amides is 1. The van der Waals surface area contributed by atoms with Crippen LogP contribution in [-0.2, 0) is 0 Å². The van der Waals surface area contributed by atoms with Gasteiger partial charge in [0.05, 0.1) is 0 Å². The SMILES string of the molecule is CC1(C)CCC(N(C(=O)c2cc(C3CC3)on2)C2CCCC2)CC1. The van der Waals surface area contributed by atoms with Gasteiger partial charge in [0.15, 0.2) is 5.69 Å². The molecule has 4 rings (SSSR count). The Morgan fingerprint density at radius 2 is 1.71 bits per heavy atom. The number of hydrogen-bond acceptors (Lipinski definition) is 3. The average Bonchev–Trinajstić information content (AvgIpc) is 3.07. The lowest BCUT2D eigenvalue weighted by Crippen LogP contribution is -2.48. The van der Waals surface area contributed by atoms with Crippen LogP contribution in [0.15, 0.2) is 10.6 Å².